The number of terminal acetylenes is 1. The summed E-state index contributed by atoms with van der Waals surface area (Å²) in [7, 11) is 0. The highest BCUT2D eigenvalue weighted by Gasteiger charge is 2.12. The summed E-state index contributed by atoms with van der Waals surface area (Å²) in [4.78, 5) is 12.4. The van der Waals surface area contributed by atoms with E-state index in [1.807, 2.05) is 12.1 Å². The predicted octanol–water partition coefficient (Wildman–Crippen LogP) is 5.37. The maximum atomic E-state index is 12.4. The summed E-state index contributed by atoms with van der Waals surface area (Å²) in [6.45, 7) is 0.155. The maximum Gasteiger partial charge on any atom is 0.266 e. The second-order valence-corrected chi connectivity index (χ2v) is 7.87. The van der Waals surface area contributed by atoms with E-state index in [2.05, 4.69) is 65.7 Å². The monoisotopic (exact) mass is 584 g/mol. The van der Waals surface area contributed by atoms with Gasteiger partial charge < -0.3 is 10.1 Å². The lowest BCUT2D eigenvalue weighted by Gasteiger charge is -2.09. The third kappa shape index (κ3) is 5.60. The average Bonchev–Trinajstić information content (AvgIpc) is 2.59. The summed E-state index contributed by atoms with van der Waals surface area (Å²) in [6.07, 6.45) is 6.73. The number of anilines is 1. The average molecular weight is 586 g/mol. The van der Waals surface area contributed by atoms with E-state index in [0.29, 0.717) is 21.5 Å². The number of hydrogen-bond acceptors (Lipinski definition) is 3. The van der Waals surface area contributed by atoms with Gasteiger partial charge in [-0.3, -0.25) is 4.79 Å². The smallest absolute Gasteiger partial charge is 0.266 e. The van der Waals surface area contributed by atoms with Crippen molar-refractivity contribution in [1.82, 2.24) is 0 Å². The second-order valence-electron chi connectivity index (χ2n) is 4.94. The first-order chi connectivity index (χ1) is 12.4. The van der Waals surface area contributed by atoms with Crippen molar-refractivity contribution in [2.75, 3.05) is 11.9 Å². The largest absolute Gasteiger partial charge is 0.479 e. The van der Waals surface area contributed by atoms with Crippen molar-refractivity contribution in [2.45, 2.75) is 0 Å². The maximum absolute atomic E-state index is 12.4. The zero-order chi connectivity index (χ0) is 19.1. The molecule has 0 spiro atoms. The van der Waals surface area contributed by atoms with Crippen molar-refractivity contribution < 1.29 is 9.53 Å². The SMILES string of the molecule is C#CCOc1c(Br)cc(/C=C(/C#N)C(=O)Nc2cccc(Br)c2)cc1I. The van der Waals surface area contributed by atoms with Crippen LogP contribution >= 0.6 is 54.5 Å². The zero-order valence-corrected chi connectivity index (χ0v) is 18.6. The number of nitrogens with one attached hydrogen (secondary N) is 1. The van der Waals surface area contributed by atoms with Gasteiger partial charge in [0, 0.05) is 10.2 Å². The minimum absolute atomic E-state index is 0.00929. The number of hydrogen-bond donors (Lipinski definition) is 1. The highest BCUT2D eigenvalue weighted by molar-refractivity contribution is 14.1. The molecule has 0 aliphatic carbocycles. The Bertz CT molecular complexity index is 936. The molecular formula is C19H11Br2IN2O2. The Kier molecular flexibility index (Phi) is 7.70. The summed E-state index contributed by atoms with van der Waals surface area (Å²) < 4.78 is 7.81. The summed E-state index contributed by atoms with van der Waals surface area (Å²) in [5, 5.41) is 12.1. The minimum Gasteiger partial charge on any atom is -0.479 e. The van der Waals surface area contributed by atoms with Gasteiger partial charge in [0.2, 0.25) is 0 Å². The van der Waals surface area contributed by atoms with Crippen LogP contribution < -0.4 is 10.1 Å². The number of benzene rings is 2. The molecule has 7 heteroatoms. The van der Waals surface area contributed by atoms with E-state index in [4.69, 9.17) is 11.2 Å². The number of ether oxygens (including phenoxy) is 1. The molecule has 26 heavy (non-hydrogen) atoms. The van der Waals surface area contributed by atoms with Crippen LogP contribution in [-0.4, -0.2) is 12.5 Å². The van der Waals surface area contributed by atoms with Crippen molar-refractivity contribution in [1.29, 1.82) is 5.26 Å². The first kappa shape index (κ1) is 20.5. The van der Waals surface area contributed by atoms with Gasteiger partial charge in [0.1, 0.15) is 24.0 Å². The minimum atomic E-state index is -0.482. The number of nitriles is 1. The zero-order valence-electron chi connectivity index (χ0n) is 13.2. The van der Waals surface area contributed by atoms with E-state index >= 15 is 0 Å². The van der Waals surface area contributed by atoms with Gasteiger partial charge in [-0.25, -0.2) is 0 Å². The summed E-state index contributed by atoms with van der Waals surface area (Å²) in [5.41, 5.74) is 1.28. The van der Waals surface area contributed by atoms with Crippen molar-refractivity contribution in [3.8, 4) is 24.2 Å². The van der Waals surface area contributed by atoms with Crippen LogP contribution in [0.3, 0.4) is 0 Å². The summed E-state index contributed by atoms with van der Waals surface area (Å²) >= 11 is 8.87. The Labute approximate surface area is 182 Å². The molecule has 2 rings (SSSR count). The van der Waals surface area contributed by atoms with Crippen LogP contribution in [0.4, 0.5) is 5.69 Å². The Hall–Kier alpha value is -1.81. The van der Waals surface area contributed by atoms with E-state index in [1.54, 1.807) is 30.3 Å². The van der Waals surface area contributed by atoms with Gasteiger partial charge in [0.25, 0.3) is 5.91 Å². The van der Waals surface area contributed by atoms with E-state index in [-0.39, 0.29) is 12.2 Å². The van der Waals surface area contributed by atoms with Crippen LogP contribution in [0.25, 0.3) is 6.08 Å². The lowest BCUT2D eigenvalue weighted by atomic mass is 10.1. The molecule has 0 saturated carbocycles. The molecule has 1 N–H and O–H groups in total. The number of halogens is 3. The number of rotatable bonds is 5. The fraction of sp³-hybridized carbons (Fsp3) is 0.0526. The Morgan fingerprint density at radius 2 is 2.12 bits per heavy atom. The highest BCUT2D eigenvalue weighted by atomic mass is 127. The van der Waals surface area contributed by atoms with Gasteiger partial charge >= 0.3 is 0 Å². The Morgan fingerprint density at radius 1 is 1.35 bits per heavy atom. The molecule has 0 heterocycles. The topological polar surface area (TPSA) is 62.1 Å². The van der Waals surface area contributed by atoms with Crippen LogP contribution in [0.2, 0.25) is 0 Å². The fourth-order valence-corrected chi connectivity index (χ4v) is 4.16. The first-order valence-corrected chi connectivity index (χ1v) is 9.85. The van der Waals surface area contributed by atoms with Gasteiger partial charge in [0.05, 0.1) is 8.04 Å². The predicted molar refractivity (Wildman–Crippen MR) is 118 cm³/mol. The molecule has 0 radical (unpaired) electrons. The molecule has 4 nitrogen and oxygen atoms in total. The molecule has 130 valence electrons. The summed E-state index contributed by atoms with van der Waals surface area (Å²) in [5.74, 6) is 2.55. The van der Waals surface area contributed by atoms with Crippen molar-refractivity contribution >= 4 is 72.1 Å². The van der Waals surface area contributed by atoms with Crippen LogP contribution in [0, 0.1) is 27.2 Å². The Balaban J connectivity index is 2.27. The molecule has 2 aromatic carbocycles. The van der Waals surface area contributed by atoms with Gasteiger partial charge in [0.15, 0.2) is 0 Å². The van der Waals surface area contributed by atoms with Crippen LogP contribution in [-0.2, 0) is 4.79 Å². The molecule has 0 aliphatic rings. The van der Waals surface area contributed by atoms with E-state index in [1.165, 1.54) is 6.08 Å². The number of carbonyl (C=O) groups is 1. The van der Waals surface area contributed by atoms with Crippen LogP contribution in [0.15, 0.2) is 50.9 Å². The van der Waals surface area contributed by atoms with Gasteiger partial charge in [-0.1, -0.05) is 27.9 Å². The Morgan fingerprint density at radius 3 is 2.73 bits per heavy atom. The van der Waals surface area contributed by atoms with E-state index in [0.717, 1.165) is 8.04 Å². The van der Waals surface area contributed by atoms with Crippen molar-refractivity contribution in [3.63, 3.8) is 0 Å². The van der Waals surface area contributed by atoms with Crippen LogP contribution in [0.5, 0.6) is 5.75 Å². The molecule has 0 bridgehead atoms. The first-order valence-electron chi connectivity index (χ1n) is 7.18. The van der Waals surface area contributed by atoms with E-state index in [9.17, 15) is 10.1 Å². The molecule has 1 amide bonds. The molecular weight excluding hydrogens is 575 g/mol. The lowest BCUT2D eigenvalue weighted by Crippen LogP contribution is -2.13. The molecule has 0 fully saturated rings. The molecule has 0 saturated heterocycles. The number of carbonyl (C=O) groups excluding carboxylic acids is 1. The van der Waals surface area contributed by atoms with Crippen molar-refractivity contribution in [2.24, 2.45) is 0 Å². The van der Waals surface area contributed by atoms with Gasteiger partial charge in [-0.2, -0.15) is 5.26 Å². The van der Waals surface area contributed by atoms with E-state index < -0.39 is 5.91 Å². The molecule has 0 unspecified atom stereocenters. The molecule has 0 atom stereocenters. The van der Waals surface area contributed by atoms with Crippen LogP contribution in [0.1, 0.15) is 5.56 Å². The fourth-order valence-electron chi connectivity index (χ4n) is 1.99. The number of amides is 1. The van der Waals surface area contributed by atoms with Gasteiger partial charge in [-0.15, -0.1) is 6.42 Å². The van der Waals surface area contributed by atoms with Gasteiger partial charge in [-0.05, 0) is 80.5 Å². The van der Waals surface area contributed by atoms with Crippen molar-refractivity contribution in [3.05, 3.63) is 60.1 Å². The normalized spacial score (nSPS) is 10.6. The standard InChI is InChI=1S/C19H11Br2IN2O2/c1-2-6-26-18-16(21)8-12(9-17(18)22)7-13(11-23)19(25)24-15-5-3-4-14(20)10-15/h1,3-5,7-10H,6H2,(H,24,25)/b13-7-. The highest BCUT2D eigenvalue weighted by Crippen LogP contribution is 2.32. The molecule has 0 aromatic heterocycles. The summed E-state index contributed by atoms with van der Waals surface area (Å²) in [6, 6.07) is 12.6. The number of nitrogens with zero attached hydrogens (tertiary/aromatic N) is 1. The third-order valence-electron chi connectivity index (χ3n) is 3.08. The molecule has 0 aliphatic heterocycles. The lowest BCUT2D eigenvalue weighted by molar-refractivity contribution is -0.112. The molecule has 2 aromatic rings. The second kappa shape index (κ2) is 9.77. The quantitative estimate of drug-likeness (QED) is 0.222. The third-order valence-corrected chi connectivity index (χ3v) is 4.96.